The lowest BCUT2D eigenvalue weighted by Crippen LogP contribution is -2.24. The van der Waals surface area contributed by atoms with E-state index >= 15 is 0 Å². The molecule has 0 bridgehead atoms. The summed E-state index contributed by atoms with van der Waals surface area (Å²) in [4.78, 5) is 11.7. The molecule has 1 aromatic carbocycles. The van der Waals surface area contributed by atoms with E-state index in [0.717, 1.165) is 12.8 Å². The van der Waals surface area contributed by atoms with Crippen molar-refractivity contribution in [3.05, 3.63) is 29.6 Å². The molecule has 1 aliphatic carbocycles. The first-order valence-corrected chi connectivity index (χ1v) is 5.89. The van der Waals surface area contributed by atoms with Gasteiger partial charge in [-0.3, -0.25) is 4.79 Å². The van der Waals surface area contributed by atoms with Crippen molar-refractivity contribution in [2.45, 2.75) is 25.8 Å². The van der Waals surface area contributed by atoms with Crippen LogP contribution in [0.2, 0.25) is 0 Å². The summed E-state index contributed by atoms with van der Waals surface area (Å²) in [7, 11) is 0. The summed E-state index contributed by atoms with van der Waals surface area (Å²) in [5, 5.41) is 3.11. The molecule has 92 valence electrons. The molecule has 0 heterocycles. The highest BCUT2D eigenvalue weighted by Crippen LogP contribution is 2.20. The maximum Gasteiger partial charge on any atom is 0.176 e. The Balaban J connectivity index is 1.99. The zero-order chi connectivity index (χ0) is 12.3. The van der Waals surface area contributed by atoms with E-state index in [9.17, 15) is 9.18 Å². The third-order valence-corrected chi connectivity index (χ3v) is 2.68. The minimum Gasteiger partial charge on any atom is -0.491 e. The number of nitrogens with one attached hydrogen (secondary N) is 1. The summed E-state index contributed by atoms with van der Waals surface area (Å²) in [6, 6.07) is 4.82. The van der Waals surface area contributed by atoms with Crippen LogP contribution in [0.1, 0.15) is 30.1 Å². The predicted octanol–water partition coefficient (Wildman–Crippen LogP) is 2.16. The Labute approximate surface area is 100.0 Å². The Kier molecular flexibility index (Phi) is 3.74. The van der Waals surface area contributed by atoms with E-state index in [1.807, 2.05) is 0 Å². The molecule has 1 aliphatic rings. The van der Waals surface area contributed by atoms with Crippen LogP contribution in [0.15, 0.2) is 18.2 Å². The largest absolute Gasteiger partial charge is 0.491 e. The third kappa shape index (κ3) is 3.27. The van der Waals surface area contributed by atoms with E-state index in [1.165, 1.54) is 12.1 Å². The zero-order valence-corrected chi connectivity index (χ0v) is 9.83. The second-order valence-electron chi connectivity index (χ2n) is 4.16. The fourth-order valence-corrected chi connectivity index (χ4v) is 1.57. The maximum absolute atomic E-state index is 13.5. The standard InChI is InChI=1S/C13H16FNO2/c1-2-17-13-6-3-9(7-11(13)14)12(16)8-15-10-4-5-10/h3,6-7,10,15H,2,4-5,8H2,1H3. The van der Waals surface area contributed by atoms with Crippen LogP contribution in [0, 0.1) is 5.82 Å². The zero-order valence-electron chi connectivity index (χ0n) is 9.83. The number of carbonyl (C=O) groups is 1. The third-order valence-electron chi connectivity index (χ3n) is 2.68. The number of ether oxygens (including phenoxy) is 1. The van der Waals surface area contributed by atoms with Gasteiger partial charge in [0.15, 0.2) is 17.3 Å². The number of hydrogen-bond donors (Lipinski definition) is 1. The number of Topliss-reactive ketones (excluding diaryl/α,β-unsaturated/α-hetero) is 1. The van der Waals surface area contributed by atoms with E-state index < -0.39 is 5.82 Å². The number of carbonyl (C=O) groups excluding carboxylic acids is 1. The van der Waals surface area contributed by atoms with Gasteiger partial charge in [0.05, 0.1) is 13.2 Å². The van der Waals surface area contributed by atoms with Gasteiger partial charge in [-0.1, -0.05) is 0 Å². The molecule has 1 aromatic rings. The molecule has 1 fully saturated rings. The van der Waals surface area contributed by atoms with Crippen LogP contribution in [0.4, 0.5) is 4.39 Å². The van der Waals surface area contributed by atoms with Crippen molar-refractivity contribution < 1.29 is 13.9 Å². The quantitative estimate of drug-likeness (QED) is 0.770. The molecule has 0 amide bonds. The molecule has 4 heteroatoms. The van der Waals surface area contributed by atoms with E-state index in [2.05, 4.69) is 5.32 Å². The summed E-state index contributed by atoms with van der Waals surface area (Å²) in [6.07, 6.45) is 2.26. The normalized spacial score (nSPS) is 14.7. The SMILES string of the molecule is CCOc1ccc(C(=O)CNC2CC2)cc1F. The Morgan fingerprint density at radius 1 is 1.53 bits per heavy atom. The molecular weight excluding hydrogens is 221 g/mol. The van der Waals surface area contributed by atoms with Gasteiger partial charge >= 0.3 is 0 Å². The molecule has 1 saturated carbocycles. The fourth-order valence-electron chi connectivity index (χ4n) is 1.57. The molecule has 3 nitrogen and oxygen atoms in total. The molecule has 0 saturated heterocycles. The molecule has 1 N–H and O–H groups in total. The van der Waals surface area contributed by atoms with Crippen LogP contribution < -0.4 is 10.1 Å². The molecule has 0 unspecified atom stereocenters. The summed E-state index contributed by atoms with van der Waals surface area (Å²) in [6.45, 7) is 2.48. The predicted molar refractivity (Wildman–Crippen MR) is 62.9 cm³/mol. The Morgan fingerprint density at radius 2 is 2.29 bits per heavy atom. The summed E-state index contributed by atoms with van der Waals surface area (Å²) in [5.41, 5.74) is 0.388. The molecule has 0 atom stereocenters. The molecule has 17 heavy (non-hydrogen) atoms. The molecule has 0 aromatic heterocycles. The average molecular weight is 237 g/mol. The van der Waals surface area contributed by atoms with Gasteiger partial charge in [-0.05, 0) is 38.0 Å². The van der Waals surface area contributed by atoms with E-state index in [1.54, 1.807) is 13.0 Å². The van der Waals surface area contributed by atoms with E-state index in [-0.39, 0.29) is 18.1 Å². The number of ketones is 1. The van der Waals surface area contributed by atoms with Crippen LogP contribution in [0.3, 0.4) is 0 Å². The Bertz CT molecular complexity index is 416. The number of halogens is 1. The van der Waals surface area contributed by atoms with Crippen molar-refractivity contribution >= 4 is 5.78 Å². The van der Waals surface area contributed by atoms with Crippen molar-refractivity contribution in [1.82, 2.24) is 5.32 Å². The summed E-state index contributed by atoms with van der Waals surface area (Å²) < 4.78 is 18.6. The van der Waals surface area contributed by atoms with Gasteiger partial charge in [0.1, 0.15) is 0 Å². The number of rotatable bonds is 6. The number of benzene rings is 1. The first kappa shape index (κ1) is 12.0. The van der Waals surface area contributed by atoms with Gasteiger partial charge in [-0.2, -0.15) is 0 Å². The molecular formula is C13H16FNO2. The van der Waals surface area contributed by atoms with Crippen LogP contribution in [0.25, 0.3) is 0 Å². The fraction of sp³-hybridized carbons (Fsp3) is 0.462. The number of hydrogen-bond acceptors (Lipinski definition) is 3. The van der Waals surface area contributed by atoms with Crippen molar-refractivity contribution in [2.75, 3.05) is 13.2 Å². The van der Waals surface area contributed by atoms with Gasteiger partial charge in [0.25, 0.3) is 0 Å². The first-order valence-electron chi connectivity index (χ1n) is 5.89. The highest BCUT2D eigenvalue weighted by Gasteiger charge is 2.21. The van der Waals surface area contributed by atoms with E-state index in [0.29, 0.717) is 18.2 Å². The Hall–Kier alpha value is -1.42. The van der Waals surface area contributed by atoms with Crippen LogP contribution in [-0.4, -0.2) is 25.0 Å². The highest BCUT2D eigenvalue weighted by atomic mass is 19.1. The van der Waals surface area contributed by atoms with Gasteiger partial charge in [0.2, 0.25) is 0 Å². The molecule has 0 aliphatic heterocycles. The van der Waals surface area contributed by atoms with Crippen molar-refractivity contribution in [3.8, 4) is 5.75 Å². The van der Waals surface area contributed by atoms with E-state index in [4.69, 9.17) is 4.74 Å². The molecule has 0 radical (unpaired) electrons. The maximum atomic E-state index is 13.5. The van der Waals surface area contributed by atoms with Gasteiger partial charge < -0.3 is 10.1 Å². The van der Waals surface area contributed by atoms with Gasteiger partial charge in [-0.15, -0.1) is 0 Å². The monoisotopic (exact) mass is 237 g/mol. The van der Waals surface area contributed by atoms with Crippen molar-refractivity contribution in [2.24, 2.45) is 0 Å². The average Bonchev–Trinajstić information content (AvgIpc) is 3.13. The van der Waals surface area contributed by atoms with Gasteiger partial charge in [0, 0.05) is 11.6 Å². The molecule has 0 spiro atoms. The summed E-state index contributed by atoms with van der Waals surface area (Å²) in [5.74, 6) is -0.373. The highest BCUT2D eigenvalue weighted by molar-refractivity contribution is 5.97. The lowest BCUT2D eigenvalue weighted by Gasteiger charge is -2.06. The van der Waals surface area contributed by atoms with Crippen LogP contribution in [0.5, 0.6) is 5.75 Å². The Morgan fingerprint density at radius 3 is 2.88 bits per heavy atom. The second kappa shape index (κ2) is 5.27. The summed E-state index contributed by atoms with van der Waals surface area (Å²) >= 11 is 0. The van der Waals surface area contributed by atoms with Crippen molar-refractivity contribution in [1.29, 1.82) is 0 Å². The van der Waals surface area contributed by atoms with Gasteiger partial charge in [-0.25, -0.2) is 4.39 Å². The lowest BCUT2D eigenvalue weighted by atomic mass is 10.1. The smallest absolute Gasteiger partial charge is 0.176 e. The van der Waals surface area contributed by atoms with Crippen LogP contribution in [-0.2, 0) is 0 Å². The lowest BCUT2D eigenvalue weighted by molar-refractivity contribution is 0.0990. The first-order chi connectivity index (χ1) is 8.20. The minimum absolute atomic E-state index is 0.0844. The topological polar surface area (TPSA) is 38.3 Å². The second-order valence-corrected chi connectivity index (χ2v) is 4.16. The molecule has 2 rings (SSSR count). The van der Waals surface area contributed by atoms with Crippen molar-refractivity contribution in [3.63, 3.8) is 0 Å². The van der Waals surface area contributed by atoms with Crippen LogP contribution >= 0.6 is 0 Å². The minimum atomic E-state index is -0.482.